The number of nitrogens with zero attached hydrogens (tertiary/aromatic N) is 1. The Bertz CT molecular complexity index is 1090. The highest BCUT2D eigenvalue weighted by molar-refractivity contribution is 7.89. The molecular formula is C22H23N3O5S. The van der Waals surface area contributed by atoms with Crippen LogP contribution in [-0.2, 0) is 32.7 Å². The van der Waals surface area contributed by atoms with Crippen LogP contribution in [0, 0.1) is 0 Å². The lowest BCUT2D eigenvalue weighted by molar-refractivity contribution is -0.139. The minimum atomic E-state index is -3.49. The topological polar surface area (TPSA) is 113 Å². The van der Waals surface area contributed by atoms with E-state index in [0.29, 0.717) is 5.56 Å². The Morgan fingerprint density at radius 2 is 1.48 bits per heavy atom. The molecular weight excluding hydrogens is 418 g/mol. The van der Waals surface area contributed by atoms with Crippen molar-refractivity contribution < 1.29 is 22.8 Å². The second-order valence-electron chi connectivity index (χ2n) is 7.79. The quantitative estimate of drug-likeness (QED) is 0.606. The van der Waals surface area contributed by atoms with Crippen LogP contribution in [-0.4, -0.2) is 37.1 Å². The maximum Gasteiger partial charge on any atom is 0.251 e. The molecule has 162 valence electrons. The zero-order valence-electron chi connectivity index (χ0n) is 16.8. The Balaban J connectivity index is 1.31. The predicted molar refractivity (Wildman–Crippen MR) is 112 cm³/mol. The van der Waals surface area contributed by atoms with Gasteiger partial charge in [0.15, 0.2) is 0 Å². The van der Waals surface area contributed by atoms with Crippen molar-refractivity contribution in [1.29, 1.82) is 0 Å². The van der Waals surface area contributed by atoms with E-state index in [-0.39, 0.29) is 54.6 Å². The Labute approximate surface area is 180 Å². The number of likely N-dealkylation sites (tertiary alicyclic amines) is 1. The smallest absolute Gasteiger partial charge is 0.251 e. The Hall–Kier alpha value is -3.04. The first-order valence-electron chi connectivity index (χ1n) is 10.1. The highest BCUT2D eigenvalue weighted by Gasteiger charge is 2.29. The van der Waals surface area contributed by atoms with E-state index in [0.717, 1.165) is 24.0 Å². The Kier molecular flexibility index (Phi) is 5.88. The van der Waals surface area contributed by atoms with Gasteiger partial charge >= 0.3 is 0 Å². The molecule has 0 radical (unpaired) electrons. The van der Waals surface area contributed by atoms with Gasteiger partial charge in [-0.15, -0.1) is 0 Å². The van der Waals surface area contributed by atoms with E-state index < -0.39 is 10.0 Å². The molecule has 2 aromatic rings. The van der Waals surface area contributed by atoms with Gasteiger partial charge in [-0.1, -0.05) is 24.3 Å². The van der Waals surface area contributed by atoms with Crippen molar-refractivity contribution in [3.05, 3.63) is 65.2 Å². The van der Waals surface area contributed by atoms with Crippen molar-refractivity contribution in [3.8, 4) is 0 Å². The van der Waals surface area contributed by atoms with Gasteiger partial charge in [-0.05, 0) is 48.2 Å². The standard InChI is InChI=1S/C22H23N3O5S/c26-20-11-12-21(27)25(20)14-16-1-5-17(6-2-16)22(28)23-13-15-3-9-19(10-4-15)31(29,30)24-18-7-8-18/h1-6,9-10,18,24H,7-8,11-14H2,(H,23,28). The average molecular weight is 442 g/mol. The lowest BCUT2D eigenvalue weighted by atomic mass is 10.1. The van der Waals surface area contributed by atoms with Gasteiger partial charge in [0, 0.05) is 31.0 Å². The van der Waals surface area contributed by atoms with Gasteiger partial charge in [-0.2, -0.15) is 0 Å². The number of hydrogen-bond acceptors (Lipinski definition) is 5. The number of amides is 3. The van der Waals surface area contributed by atoms with Gasteiger partial charge in [0.25, 0.3) is 5.91 Å². The molecule has 0 spiro atoms. The molecule has 0 aromatic heterocycles. The molecule has 1 aliphatic carbocycles. The van der Waals surface area contributed by atoms with Crippen LogP contribution in [0.4, 0.5) is 0 Å². The number of imide groups is 1. The molecule has 31 heavy (non-hydrogen) atoms. The van der Waals surface area contributed by atoms with Crippen LogP contribution < -0.4 is 10.0 Å². The molecule has 2 aliphatic rings. The molecule has 3 amide bonds. The predicted octanol–water partition coefficient (Wildman–Crippen LogP) is 1.71. The molecule has 1 heterocycles. The zero-order chi connectivity index (χ0) is 22.0. The van der Waals surface area contributed by atoms with E-state index in [9.17, 15) is 22.8 Å². The van der Waals surface area contributed by atoms with Gasteiger partial charge in [0.05, 0.1) is 11.4 Å². The summed E-state index contributed by atoms with van der Waals surface area (Å²) >= 11 is 0. The fourth-order valence-electron chi connectivity index (χ4n) is 3.30. The first-order valence-corrected chi connectivity index (χ1v) is 11.6. The number of rotatable bonds is 8. The van der Waals surface area contributed by atoms with E-state index in [1.165, 1.54) is 17.0 Å². The minimum absolute atomic E-state index is 0.0479. The molecule has 9 heteroatoms. The van der Waals surface area contributed by atoms with Crippen molar-refractivity contribution in [3.63, 3.8) is 0 Å². The van der Waals surface area contributed by atoms with Gasteiger partial charge in [0.2, 0.25) is 21.8 Å². The second-order valence-corrected chi connectivity index (χ2v) is 9.51. The van der Waals surface area contributed by atoms with Crippen molar-refractivity contribution in [2.75, 3.05) is 0 Å². The van der Waals surface area contributed by atoms with Crippen molar-refractivity contribution in [2.45, 2.75) is 49.7 Å². The van der Waals surface area contributed by atoms with Crippen LogP contribution in [0.1, 0.15) is 47.2 Å². The summed E-state index contributed by atoms with van der Waals surface area (Å²) in [5.41, 5.74) is 2.01. The molecule has 4 rings (SSSR count). The van der Waals surface area contributed by atoms with E-state index in [2.05, 4.69) is 10.0 Å². The van der Waals surface area contributed by atoms with Crippen LogP contribution in [0.5, 0.6) is 0 Å². The third-order valence-electron chi connectivity index (χ3n) is 5.30. The average Bonchev–Trinajstić information content (AvgIpc) is 3.52. The van der Waals surface area contributed by atoms with E-state index in [1.807, 2.05) is 0 Å². The number of carbonyl (C=O) groups excluding carboxylic acids is 3. The summed E-state index contributed by atoms with van der Waals surface area (Å²) in [6, 6.07) is 13.2. The van der Waals surface area contributed by atoms with Crippen LogP contribution in [0.15, 0.2) is 53.4 Å². The molecule has 2 N–H and O–H groups in total. The molecule has 2 fully saturated rings. The lowest BCUT2D eigenvalue weighted by Crippen LogP contribution is -2.28. The van der Waals surface area contributed by atoms with Crippen LogP contribution >= 0.6 is 0 Å². The fourth-order valence-corrected chi connectivity index (χ4v) is 4.61. The summed E-state index contributed by atoms with van der Waals surface area (Å²) < 4.78 is 27.0. The molecule has 0 bridgehead atoms. The maximum absolute atomic E-state index is 12.4. The van der Waals surface area contributed by atoms with Crippen molar-refractivity contribution >= 4 is 27.7 Å². The number of nitrogens with one attached hydrogen (secondary N) is 2. The first-order chi connectivity index (χ1) is 14.8. The summed E-state index contributed by atoms with van der Waals surface area (Å²) in [4.78, 5) is 37.3. The summed E-state index contributed by atoms with van der Waals surface area (Å²) in [6.07, 6.45) is 2.25. The van der Waals surface area contributed by atoms with Gasteiger partial charge in [-0.3, -0.25) is 19.3 Å². The minimum Gasteiger partial charge on any atom is -0.348 e. The SMILES string of the molecule is O=C(NCc1ccc(S(=O)(=O)NC2CC2)cc1)c1ccc(CN2C(=O)CCC2=O)cc1. The normalized spacial score (nSPS) is 16.6. The van der Waals surface area contributed by atoms with Crippen molar-refractivity contribution in [2.24, 2.45) is 0 Å². The largest absolute Gasteiger partial charge is 0.348 e. The van der Waals surface area contributed by atoms with Crippen LogP contribution in [0.3, 0.4) is 0 Å². The molecule has 1 saturated heterocycles. The first kappa shape index (κ1) is 21.2. The molecule has 2 aromatic carbocycles. The number of sulfonamides is 1. The molecule has 1 aliphatic heterocycles. The number of carbonyl (C=O) groups is 3. The van der Waals surface area contributed by atoms with E-state index in [4.69, 9.17) is 0 Å². The van der Waals surface area contributed by atoms with Gasteiger partial charge in [-0.25, -0.2) is 13.1 Å². The van der Waals surface area contributed by atoms with Crippen LogP contribution in [0.2, 0.25) is 0 Å². The molecule has 1 saturated carbocycles. The monoisotopic (exact) mass is 441 g/mol. The molecule has 8 nitrogen and oxygen atoms in total. The Morgan fingerprint density at radius 3 is 2.06 bits per heavy atom. The lowest BCUT2D eigenvalue weighted by Gasteiger charge is -2.14. The third-order valence-corrected chi connectivity index (χ3v) is 6.83. The maximum atomic E-state index is 12.4. The summed E-state index contributed by atoms with van der Waals surface area (Å²) in [7, 11) is -3.49. The van der Waals surface area contributed by atoms with Crippen LogP contribution in [0.25, 0.3) is 0 Å². The van der Waals surface area contributed by atoms with Gasteiger partial charge < -0.3 is 5.32 Å². The van der Waals surface area contributed by atoms with E-state index >= 15 is 0 Å². The highest BCUT2D eigenvalue weighted by atomic mass is 32.2. The number of benzene rings is 2. The molecule has 0 unspecified atom stereocenters. The third kappa shape index (κ3) is 5.18. The van der Waals surface area contributed by atoms with E-state index in [1.54, 1.807) is 36.4 Å². The second kappa shape index (κ2) is 8.60. The zero-order valence-corrected chi connectivity index (χ0v) is 17.7. The summed E-state index contributed by atoms with van der Waals surface area (Å²) in [6.45, 7) is 0.470. The Morgan fingerprint density at radius 1 is 0.903 bits per heavy atom. The van der Waals surface area contributed by atoms with Crippen molar-refractivity contribution in [1.82, 2.24) is 14.9 Å². The van der Waals surface area contributed by atoms with Gasteiger partial charge in [0.1, 0.15) is 0 Å². The fraction of sp³-hybridized carbons (Fsp3) is 0.318. The highest BCUT2D eigenvalue weighted by Crippen LogP contribution is 2.22. The molecule has 0 atom stereocenters. The summed E-state index contributed by atoms with van der Waals surface area (Å²) in [5, 5.41) is 2.80. The summed E-state index contributed by atoms with van der Waals surface area (Å²) in [5.74, 6) is -0.616. The number of hydrogen-bond donors (Lipinski definition) is 2.